The number of Topliss-reactive ketones (excluding diaryl/α,β-unsaturated/α-hetero) is 1. The molecule has 0 fully saturated rings. The number of carboxylic acid groups (broad SMARTS) is 1. The predicted octanol–water partition coefficient (Wildman–Crippen LogP) is 3.60. The maximum Gasteiger partial charge on any atom is 0.336 e. The van der Waals surface area contributed by atoms with Gasteiger partial charge in [-0.3, -0.25) is 9.78 Å². The van der Waals surface area contributed by atoms with Crippen molar-refractivity contribution < 1.29 is 14.7 Å². The zero-order chi connectivity index (χ0) is 15.9. The van der Waals surface area contributed by atoms with Crippen LogP contribution in [0, 0.1) is 5.41 Å². The Morgan fingerprint density at radius 3 is 2.50 bits per heavy atom. The van der Waals surface area contributed by atoms with Crippen molar-refractivity contribution in [3.63, 3.8) is 0 Å². The van der Waals surface area contributed by atoms with E-state index in [0.29, 0.717) is 24.2 Å². The molecule has 1 heterocycles. The predicted molar refractivity (Wildman–Crippen MR) is 83.1 cm³/mol. The van der Waals surface area contributed by atoms with Crippen molar-refractivity contribution in [1.29, 1.82) is 0 Å². The summed E-state index contributed by atoms with van der Waals surface area (Å²) in [4.78, 5) is 28.5. The lowest BCUT2D eigenvalue weighted by molar-refractivity contribution is 0.0687. The van der Waals surface area contributed by atoms with Gasteiger partial charge in [-0.15, -0.1) is 0 Å². The molecule has 22 heavy (non-hydrogen) atoms. The van der Waals surface area contributed by atoms with Gasteiger partial charge in [0.15, 0.2) is 5.78 Å². The summed E-state index contributed by atoms with van der Waals surface area (Å²) in [5.41, 5.74) is 2.20. The van der Waals surface area contributed by atoms with Gasteiger partial charge in [-0.2, -0.15) is 0 Å². The van der Waals surface area contributed by atoms with Crippen LogP contribution in [-0.2, 0) is 6.42 Å². The van der Waals surface area contributed by atoms with Gasteiger partial charge < -0.3 is 5.11 Å². The fourth-order valence-electron chi connectivity index (χ4n) is 3.00. The number of benzene rings is 1. The average Bonchev–Trinajstić information content (AvgIpc) is 2.45. The molecule has 4 nitrogen and oxygen atoms in total. The molecule has 1 aromatic carbocycles. The summed E-state index contributed by atoms with van der Waals surface area (Å²) in [6.45, 7) is 4.01. The van der Waals surface area contributed by atoms with Crippen LogP contribution in [0.15, 0.2) is 36.4 Å². The number of hydrogen-bond acceptors (Lipinski definition) is 3. The Morgan fingerprint density at radius 2 is 1.86 bits per heavy atom. The maximum absolute atomic E-state index is 12.4. The summed E-state index contributed by atoms with van der Waals surface area (Å²) in [7, 11) is 0. The first-order chi connectivity index (χ1) is 10.4. The average molecular weight is 295 g/mol. The number of carbonyl (C=O) groups is 2. The van der Waals surface area contributed by atoms with E-state index in [-0.39, 0.29) is 22.3 Å². The van der Waals surface area contributed by atoms with Gasteiger partial charge in [0.1, 0.15) is 0 Å². The number of carbonyl (C=O) groups excluding carboxylic acids is 1. The first-order valence-electron chi connectivity index (χ1n) is 7.23. The Morgan fingerprint density at radius 1 is 1.18 bits per heavy atom. The number of aromatic carboxylic acids is 1. The van der Waals surface area contributed by atoms with Crippen LogP contribution in [0.1, 0.15) is 46.7 Å². The second-order valence-corrected chi connectivity index (χ2v) is 6.49. The van der Waals surface area contributed by atoms with Crippen LogP contribution in [0.3, 0.4) is 0 Å². The highest BCUT2D eigenvalue weighted by atomic mass is 16.4. The molecule has 0 amide bonds. The lowest BCUT2D eigenvalue weighted by atomic mass is 9.74. The first-order valence-corrected chi connectivity index (χ1v) is 7.23. The third-order valence-electron chi connectivity index (χ3n) is 3.96. The van der Waals surface area contributed by atoms with Gasteiger partial charge in [0.25, 0.3) is 0 Å². The number of ketones is 1. The highest BCUT2D eigenvalue weighted by molar-refractivity contribution is 6.08. The molecule has 3 rings (SSSR count). The molecule has 112 valence electrons. The summed E-state index contributed by atoms with van der Waals surface area (Å²) in [6, 6.07) is 10.9. The number of pyridine rings is 1. The van der Waals surface area contributed by atoms with Crippen LogP contribution in [0.4, 0.5) is 0 Å². The Kier molecular flexibility index (Phi) is 3.32. The molecule has 0 bridgehead atoms. The van der Waals surface area contributed by atoms with E-state index in [4.69, 9.17) is 0 Å². The molecule has 1 aromatic heterocycles. The Labute approximate surface area is 128 Å². The van der Waals surface area contributed by atoms with Crippen LogP contribution in [0.25, 0.3) is 11.3 Å². The standard InChI is InChI=1S/C18H17NO3/c1-18(2)9-14-16(15(20)10-18)12(17(21)22)8-13(19-14)11-6-4-3-5-7-11/h3-8H,9-10H2,1-2H3,(H,21,22). The maximum atomic E-state index is 12.4. The molecule has 0 atom stereocenters. The molecule has 0 spiro atoms. The lowest BCUT2D eigenvalue weighted by Crippen LogP contribution is -2.30. The van der Waals surface area contributed by atoms with E-state index in [2.05, 4.69) is 4.98 Å². The fourth-order valence-corrected chi connectivity index (χ4v) is 3.00. The highest BCUT2D eigenvalue weighted by Gasteiger charge is 2.35. The van der Waals surface area contributed by atoms with Gasteiger partial charge in [0.05, 0.1) is 22.5 Å². The zero-order valence-corrected chi connectivity index (χ0v) is 12.6. The van der Waals surface area contributed by atoms with Crippen molar-refractivity contribution in [2.75, 3.05) is 0 Å². The van der Waals surface area contributed by atoms with Crippen molar-refractivity contribution in [2.45, 2.75) is 26.7 Å². The number of rotatable bonds is 2. The van der Waals surface area contributed by atoms with Crippen LogP contribution >= 0.6 is 0 Å². The summed E-state index contributed by atoms with van der Waals surface area (Å²) in [5, 5.41) is 9.48. The molecule has 0 radical (unpaired) electrons. The van der Waals surface area contributed by atoms with Crippen molar-refractivity contribution in [3.05, 3.63) is 53.2 Å². The number of fused-ring (bicyclic) bond motifs is 1. The van der Waals surface area contributed by atoms with Gasteiger partial charge in [0, 0.05) is 12.0 Å². The van der Waals surface area contributed by atoms with Crippen LogP contribution in [-0.4, -0.2) is 21.8 Å². The molecule has 0 saturated carbocycles. The minimum Gasteiger partial charge on any atom is -0.478 e. The van der Waals surface area contributed by atoms with Crippen LogP contribution in [0.2, 0.25) is 0 Å². The molecule has 1 N–H and O–H groups in total. The molecular weight excluding hydrogens is 278 g/mol. The molecule has 0 unspecified atom stereocenters. The number of aromatic nitrogens is 1. The van der Waals surface area contributed by atoms with E-state index in [1.54, 1.807) is 0 Å². The molecular formula is C18H17NO3. The van der Waals surface area contributed by atoms with Crippen molar-refractivity contribution >= 4 is 11.8 Å². The quantitative estimate of drug-likeness (QED) is 0.919. The van der Waals surface area contributed by atoms with Gasteiger partial charge in [-0.1, -0.05) is 44.2 Å². The van der Waals surface area contributed by atoms with Crippen LogP contribution in [0.5, 0.6) is 0 Å². The Balaban J connectivity index is 2.24. The molecule has 4 heteroatoms. The van der Waals surface area contributed by atoms with Gasteiger partial charge in [0.2, 0.25) is 0 Å². The molecule has 1 aliphatic carbocycles. The topological polar surface area (TPSA) is 67.3 Å². The van der Waals surface area contributed by atoms with Gasteiger partial charge in [-0.25, -0.2) is 4.79 Å². The third-order valence-corrected chi connectivity index (χ3v) is 3.96. The largest absolute Gasteiger partial charge is 0.478 e. The normalized spacial score (nSPS) is 16.2. The minimum absolute atomic E-state index is 0.0596. The summed E-state index contributed by atoms with van der Waals surface area (Å²) in [6.07, 6.45) is 0.960. The number of hydrogen-bond donors (Lipinski definition) is 1. The van der Waals surface area contributed by atoms with E-state index in [1.807, 2.05) is 44.2 Å². The minimum atomic E-state index is -1.08. The zero-order valence-electron chi connectivity index (χ0n) is 12.6. The SMILES string of the molecule is CC1(C)CC(=O)c2c(C(=O)O)cc(-c3ccccc3)nc2C1. The smallest absolute Gasteiger partial charge is 0.336 e. The van der Waals surface area contributed by atoms with Crippen LogP contribution < -0.4 is 0 Å². The van der Waals surface area contributed by atoms with Crippen molar-refractivity contribution in [2.24, 2.45) is 5.41 Å². The van der Waals surface area contributed by atoms with E-state index in [0.717, 1.165) is 5.56 Å². The van der Waals surface area contributed by atoms with E-state index < -0.39 is 5.97 Å². The van der Waals surface area contributed by atoms with Crippen molar-refractivity contribution in [3.8, 4) is 11.3 Å². The Bertz CT molecular complexity index is 763. The van der Waals surface area contributed by atoms with Gasteiger partial charge >= 0.3 is 5.97 Å². The van der Waals surface area contributed by atoms with Gasteiger partial charge in [-0.05, 0) is 17.9 Å². The second kappa shape index (κ2) is 5.05. The molecule has 2 aromatic rings. The van der Waals surface area contributed by atoms with E-state index >= 15 is 0 Å². The Hall–Kier alpha value is -2.49. The molecule has 0 saturated heterocycles. The molecule has 0 aliphatic heterocycles. The lowest BCUT2D eigenvalue weighted by Gasteiger charge is -2.30. The van der Waals surface area contributed by atoms with Crippen molar-refractivity contribution in [1.82, 2.24) is 4.98 Å². The number of carboxylic acids is 1. The fraction of sp³-hybridized carbons (Fsp3) is 0.278. The second-order valence-electron chi connectivity index (χ2n) is 6.49. The monoisotopic (exact) mass is 295 g/mol. The van der Waals surface area contributed by atoms with E-state index in [1.165, 1.54) is 6.07 Å². The summed E-state index contributed by atoms with van der Waals surface area (Å²) < 4.78 is 0. The first kappa shape index (κ1) is 14.4. The molecule has 1 aliphatic rings. The number of nitrogens with zero attached hydrogens (tertiary/aromatic N) is 1. The summed E-state index contributed by atoms with van der Waals surface area (Å²) >= 11 is 0. The highest BCUT2D eigenvalue weighted by Crippen LogP contribution is 2.36. The third kappa shape index (κ3) is 2.52. The summed E-state index contributed by atoms with van der Waals surface area (Å²) in [5.74, 6) is -1.21. The van der Waals surface area contributed by atoms with E-state index in [9.17, 15) is 14.7 Å².